The Balaban J connectivity index is 1.96. The third-order valence-electron chi connectivity index (χ3n) is 4.52. The highest BCUT2D eigenvalue weighted by Gasteiger charge is 2.20. The van der Waals surface area contributed by atoms with E-state index >= 15 is 0 Å². The fourth-order valence-corrected chi connectivity index (χ4v) is 3.86. The highest BCUT2D eigenvalue weighted by atomic mass is 79.9. The Hall–Kier alpha value is -0.390. The van der Waals surface area contributed by atoms with Gasteiger partial charge in [-0.15, -0.1) is 0 Å². The van der Waals surface area contributed by atoms with E-state index in [2.05, 4.69) is 58.4 Å². The van der Waals surface area contributed by atoms with Crippen molar-refractivity contribution in [3.63, 3.8) is 0 Å². The van der Waals surface area contributed by atoms with Crippen molar-refractivity contribution in [2.45, 2.75) is 46.2 Å². The van der Waals surface area contributed by atoms with Gasteiger partial charge in [0.1, 0.15) is 0 Å². The molecule has 1 aliphatic rings. The first-order valence-electron chi connectivity index (χ1n) is 8.16. The van der Waals surface area contributed by atoms with E-state index in [9.17, 15) is 0 Å². The molecular formula is C16H29BrN4. The summed E-state index contributed by atoms with van der Waals surface area (Å²) >= 11 is 3.75. The Labute approximate surface area is 137 Å². The molecule has 0 radical (unpaired) electrons. The summed E-state index contributed by atoms with van der Waals surface area (Å²) in [7, 11) is 4.46. The molecule has 2 heterocycles. The predicted molar refractivity (Wildman–Crippen MR) is 91.5 cm³/mol. The van der Waals surface area contributed by atoms with Gasteiger partial charge in [-0.05, 0) is 75.2 Å². The van der Waals surface area contributed by atoms with Crippen LogP contribution in [-0.2, 0) is 19.5 Å². The summed E-state index contributed by atoms with van der Waals surface area (Å²) in [5.74, 6) is 0.841. The number of hydrogen-bond acceptors (Lipinski definition) is 3. The molecule has 0 aliphatic carbocycles. The average molecular weight is 357 g/mol. The van der Waals surface area contributed by atoms with Crippen LogP contribution in [0.4, 0.5) is 0 Å². The van der Waals surface area contributed by atoms with Crippen molar-refractivity contribution >= 4 is 15.9 Å². The zero-order valence-electron chi connectivity index (χ0n) is 13.9. The van der Waals surface area contributed by atoms with Gasteiger partial charge in [-0.1, -0.05) is 6.92 Å². The maximum atomic E-state index is 4.69. The lowest BCUT2D eigenvalue weighted by molar-refractivity contribution is 0.171. The molecule has 1 aromatic heterocycles. The Morgan fingerprint density at radius 2 is 1.95 bits per heavy atom. The molecule has 0 saturated carbocycles. The number of aryl methyl sites for hydroxylation is 2. The summed E-state index contributed by atoms with van der Waals surface area (Å²) in [6.07, 6.45) is 3.64. The molecule has 5 heteroatoms. The summed E-state index contributed by atoms with van der Waals surface area (Å²) in [5.41, 5.74) is 2.50. The van der Waals surface area contributed by atoms with E-state index in [0.29, 0.717) is 0 Å². The van der Waals surface area contributed by atoms with Crippen LogP contribution in [0.15, 0.2) is 4.47 Å². The molecule has 0 aromatic carbocycles. The Morgan fingerprint density at radius 1 is 1.29 bits per heavy atom. The molecule has 0 amide bonds. The van der Waals surface area contributed by atoms with Crippen LogP contribution in [0.3, 0.4) is 0 Å². The van der Waals surface area contributed by atoms with Crippen LogP contribution >= 0.6 is 15.9 Å². The van der Waals surface area contributed by atoms with E-state index in [1.807, 2.05) is 0 Å². The third kappa shape index (κ3) is 4.30. The maximum Gasteiger partial charge on any atom is 0.0767 e. The minimum absolute atomic E-state index is 0.841. The highest BCUT2D eigenvalue weighted by molar-refractivity contribution is 9.10. The van der Waals surface area contributed by atoms with Crippen LogP contribution in [0.1, 0.15) is 38.1 Å². The molecule has 1 aliphatic heterocycles. The zero-order valence-corrected chi connectivity index (χ0v) is 15.5. The van der Waals surface area contributed by atoms with Gasteiger partial charge in [-0.2, -0.15) is 5.10 Å². The smallest absolute Gasteiger partial charge is 0.0767 e. The lowest BCUT2D eigenvalue weighted by Crippen LogP contribution is -2.35. The van der Waals surface area contributed by atoms with Gasteiger partial charge in [-0.3, -0.25) is 4.68 Å². The first kappa shape index (κ1) is 17.0. The predicted octanol–water partition coefficient (Wildman–Crippen LogP) is 3.00. The van der Waals surface area contributed by atoms with Gasteiger partial charge in [0.05, 0.1) is 15.9 Å². The molecular weight excluding hydrogens is 328 g/mol. The maximum absolute atomic E-state index is 4.69. The average Bonchev–Trinajstić information content (AvgIpc) is 2.77. The molecule has 4 nitrogen and oxygen atoms in total. The normalized spacial score (nSPS) is 17.8. The first-order chi connectivity index (χ1) is 10.0. The molecule has 0 spiro atoms. The quantitative estimate of drug-likeness (QED) is 0.782. The zero-order chi connectivity index (χ0) is 15.4. The summed E-state index contributed by atoms with van der Waals surface area (Å²) < 4.78 is 3.36. The first-order valence-corrected chi connectivity index (χ1v) is 8.95. The summed E-state index contributed by atoms with van der Waals surface area (Å²) in [4.78, 5) is 4.90. The minimum atomic E-state index is 0.841. The molecule has 0 N–H and O–H groups in total. The van der Waals surface area contributed by atoms with Gasteiger partial charge in [0.2, 0.25) is 0 Å². The molecule has 1 aromatic rings. The fraction of sp³-hybridized carbons (Fsp3) is 0.812. The SMILES string of the molecule is CCc1nn(CC)c(CN(C)CC2CCN(C)CC2)c1Br. The van der Waals surface area contributed by atoms with E-state index in [1.54, 1.807) is 0 Å². The number of halogens is 1. The largest absolute Gasteiger partial charge is 0.306 e. The van der Waals surface area contributed by atoms with Crippen molar-refractivity contribution in [1.82, 2.24) is 19.6 Å². The van der Waals surface area contributed by atoms with Crippen LogP contribution in [0.25, 0.3) is 0 Å². The van der Waals surface area contributed by atoms with Crippen molar-refractivity contribution in [2.24, 2.45) is 5.92 Å². The van der Waals surface area contributed by atoms with Crippen LogP contribution in [0, 0.1) is 5.92 Å². The second kappa shape index (κ2) is 7.75. The number of likely N-dealkylation sites (tertiary alicyclic amines) is 1. The summed E-state index contributed by atoms with van der Waals surface area (Å²) in [5, 5.41) is 4.69. The van der Waals surface area contributed by atoms with Gasteiger partial charge in [0.15, 0.2) is 0 Å². The second-order valence-corrected chi connectivity index (χ2v) is 7.11. The number of nitrogens with zero attached hydrogens (tertiary/aromatic N) is 4. The van der Waals surface area contributed by atoms with Gasteiger partial charge < -0.3 is 9.80 Å². The Morgan fingerprint density at radius 3 is 2.52 bits per heavy atom. The van der Waals surface area contributed by atoms with Crippen molar-refractivity contribution in [1.29, 1.82) is 0 Å². The third-order valence-corrected chi connectivity index (χ3v) is 5.44. The molecule has 1 fully saturated rings. The van der Waals surface area contributed by atoms with Crippen molar-refractivity contribution < 1.29 is 0 Å². The van der Waals surface area contributed by atoms with E-state index < -0.39 is 0 Å². The molecule has 2 rings (SSSR count). The monoisotopic (exact) mass is 356 g/mol. The molecule has 0 atom stereocenters. The lowest BCUT2D eigenvalue weighted by Gasteiger charge is -2.31. The number of aromatic nitrogens is 2. The van der Waals surface area contributed by atoms with Gasteiger partial charge in [0, 0.05) is 19.6 Å². The van der Waals surface area contributed by atoms with Gasteiger partial charge in [-0.25, -0.2) is 0 Å². The van der Waals surface area contributed by atoms with E-state index in [-0.39, 0.29) is 0 Å². The molecule has 0 bridgehead atoms. The van der Waals surface area contributed by atoms with E-state index in [4.69, 9.17) is 5.10 Å². The van der Waals surface area contributed by atoms with Crippen molar-refractivity contribution in [3.05, 3.63) is 15.9 Å². The lowest BCUT2D eigenvalue weighted by atomic mass is 9.96. The number of rotatable bonds is 6. The molecule has 0 unspecified atom stereocenters. The van der Waals surface area contributed by atoms with Gasteiger partial charge in [0.25, 0.3) is 0 Å². The van der Waals surface area contributed by atoms with E-state index in [1.165, 1.54) is 48.3 Å². The van der Waals surface area contributed by atoms with Crippen LogP contribution in [-0.4, -0.2) is 53.3 Å². The topological polar surface area (TPSA) is 24.3 Å². The standard InChI is InChI=1S/C16H29BrN4/c1-5-14-16(17)15(21(6-2)18-14)12-20(4)11-13-7-9-19(3)10-8-13/h13H,5-12H2,1-4H3. The van der Waals surface area contributed by atoms with Crippen LogP contribution < -0.4 is 0 Å². The second-order valence-electron chi connectivity index (χ2n) is 6.32. The Kier molecular flexibility index (Phi) is 6.26. The summed E-state index contributed by atoms with van der Waals surface area (Å²) in [6, 6.07) is 0. The van der Waals surface area contributed by atoms with Crippen LogP contribution in [0.2, 0.25) is 0 Å². The van der Waals surface area contributed by atoms with Crippen molar-refractivity contribution in [3.8, 4) is 0 Å². The Bertz CT molecular complexity index is 449. The number of hydrogen-bond donors (Lipinski definition) is 0. The van der Waals surface area contributed by atoms with Crippen LogP contribution in [0.5, 0.6) is 0 Å². The van der Waals surface area contributed by atoms with Gasteiger partial charge >= 0.3 is 0 Å². The minimum Gasteiger partial charge on any atom is -0.306 e. The fourth-order valence-electron chi connectivity index (χ4n) is 3.17. The summed E-state index contributed by atoms with van der Waals surface area (Å²) in [6.45, 7) is 9.93. The van der Waals surface area contributed by atoms with E-state index in [0.717, 1.165) is 25.4 Å². The van der Waals surface area contributed by atoms with Crippen molar-refractivity contribution in [2.75, 3.05) is 33.7 Å². The molecule has 21 heavy (non-hydrogen) atoms. The highest BCUT2D eigenvalue weighted by Crippen LogP contribution is 2.24. The number of piperidine rings is 1. The molecule has 120 valence electrons. The molecule has 1 saturated heterocycles.